The second-order valence-electron chi connectivity index (χ2n) is 4.66. The number of hydrogen-bond acceptors (Lipinski definition) is 4. The number of aliphatic hydroxyl groups excluding tert-OH is 1. The molecular formula is C14H19NO4. The monoisotopic (exact) mass is 265 g/mol. The van der Waals surface area contributed by atoms with Crippen LogP contribution in [0.3, 0.4) is 0 Å². The average molecular weight is 265 g/mol. The quantitative estimate of drug-likeness (QED) is 0.890. The Bertz CT molecular complexity index is 397. The maximum atomic E-state index is 11.9. The second-order valence-corrected chi connectivity index (χ2v) is 4.66. The molecule has 0 spiro atoms. The molecule has 5 nitrogen and oxygen atoms in total. The van der Waals surface area contributed by atoms with Crippen molar-refractivity contribution in [2.45, 2.75) is 12.7 Å². The van der Waals surface area contributed by atoms with Crippen LogP contribution in [0, 0.1) is 5.92 Å². The molecule has 0 aromatic heterocycles. The number of amides is 1. The van der Waals surface area contributed by atoms with Crippen LogP contribution in [0.5, 0.6) is 0 Å². The lowest BCUT2D eigenvalue weighted by Crippen LogP contribution is -2.30. The minimum absolute atomic E-state index is 0.0149. The molecule has 5 heteroatoms. The van der Waals surface area contributed by atoms with Gasteiger partial charge in [-0.05, 0) is 5.56 Å². The van der Waals surface area contributed by atoms with E-state index in [1.54, 1.807) is 12.0 Å². The van der Waals surface area contributed by atoms with E-state index >= 15 is 0 Å². The highest BCUT2D eigenvalue weighted by molar-refractivity contribution is 5.68. The molecule has 1 N–H and O–H groups in total. The standard InChI is InChI=1S/C14H19NO4/c1-18-13-8-15(7-12(13)9-16)14(17)19-10-11-5-3-2-4-6-11/h2-6,12-13,16H,7-10H2,1H3. The number of carbonyl (C=O) groups excluding carboxylic acids is 1. The lowest BCUT2D eigenvalue weighted by atomic mass is 10.1. The van der Waals surface area contributed by atoms with Gasteiger partial charge in [-0.3, -0.25) is 0 Å². The summed E-state index contributed by atoms with van der Waals surface area (Å²) in [7, 11) is 1.59. The minimum Gasteiger partial charge on any atom is -0.445 e. The smallest absolute Gasteiger partial charge is 0.410 e. The molecule has 2 atom stereocenters. The predicted molar refractivity (Wildman–Crippen MR) is 69.6 cm³/mol. The number of nitrogens with zero attached hydrogens (tertiary/aromatic N) is 1. The number of benzene rings is 1. The Morgan fingerprint density at radius 3 is 2.68 bits per heavy atom. The van der Waals surface area contributed by atoms with Crippen LogP contribution in [0.15, 0.2) is 30.3 Å². The summed E-state index contributed by atoms with van der Waals surface area (Å²) in [6.45, 7) is 1.22. The largest absolute Gasteiger partial charge is 0.445 e. The van der Waals surface area contributed by atoms with Gasteiger partial charge in [-0.1, -0.05) is 30.3 Å². The zero-order chi connectivity index (χ0) is 13.7. The van der Waals surface area contributed by atoms with Crippen molar-refractivity contribution in [3.05, 3.63) is 35.9 Å². The van der Waals surface area contributed by atoms with Gasteiger partial charge in [0.25, 0.3) is 0 Å². The summed E-state index contributed by atoms with van der Waals surface area (Å²) in [6.07, 6.45) is -0.476. The van der Waals surface area contributed by atoms with E-state index in [1.165, 1.54) is 0 Å². The highest BCUT2D eigenvalue weighted by atomic mass is 16.6. The van der Waals surface area contributed by atoms with Crippen LogP contribution in [-0.2, 0) is 16.1 Å². The molecule has 1 heterocycles. The van der Waals surface area contributed by atoms with Gasteiger partial charge < -0.3 is 19.5 Å². The van der Waals surface area contributed by atoms with E-state index in [9.17, 15) is 9.90 Å². The van der Waals surface area contributed by atoms with Crippen molar-refractivity contribution in [3.8, 4) is 0 Å². The van der Waals surface area contributed by atoms with Crippen molar-refractivity contribution >= 4 is 6.09 Å². The molecule has 2 rings (SSSR count). The molecule has 0 saturated carbocycles. The van der Waals surface area contributed by atoms with Gasteiger partial charge in [-0.2, -0.15) is 0 Å². The van der Waals surface area contributed by atoms with Crippen LogP contribution in [0.2, 0.25) is 0 Å². The summed E-state index contributed by atoms with van der Waals surface area (Å²) in [5.74, 6) is -0.0331. The van der Waals surface area contributed by atoms with Crippen molar-refractivity contribution in [2.75, 3.05) is 26.8 Å². The van der Waals surface area contributed by atoms with E-state index in [4.69, 9.17) is 9.47 Å². The maximum Gasteiger partial charge on any atom is 0.410 e. The molecule has 1 aromatic carbocycles. The van der Waals surface area contributed by atoms with Crippen molar-refractivity contribution in [2.24, 2.45) is 5.92 Å². The van der Waals surface area contributed by atoms with Gasteiger partial charge in [0.2, 0.25) is 0 Å². The predicted octanol–water partition coefficient (Wildman–Crippen LogP) is 1.26. The van der Waals surface area contributed by atoms with Crippen molar-refractivity contribution in [1.82, 2.24) is 4.90 Å². The van der Waals surface area contributed by atoms with Gasteiger partial charge in [0.05, 0.1) is 19.3 Å². The second kappa shape index (κ2) is 6.54. The fourth-order valence-corrected chi connectivity index (χ4v) is 2.24. The van der Waals surface area contributed by atoms with Gasteiger partial charge in [0.1, 0.15) is 6.61 Å². The highest BCUT2D eigenvalue weighted by Crippen LogP contribution is 2.20. The van der Waals surface area contributed by atoms with Gasteiger partial charge >= 0.3 is 6.09 Å². The van der Waals surface area contributed by atoms with Crippen LogP contribution >= 0.6 is 0 Å². The van der Waals surface area contributed by atoms with Crippen LogP contribution in [0.25, 0.3) is 0 Å². The normalized spacial score (nSPS) is 22.5. The Morgan fingerprint density at radius 2 is 2.11 bits per heavy atom. The first kappa shape index (κ1) is 13.8. The summed E-state index contributed by atoms with van der Waals surface area (Å²) in [5, 5.41) is 9.22. The average Bonchev–Trinajstić information content (AvgIpc) is 2.89. The molecule has 0 aliphatic carbocycles. The molecule has 2 unspecified atom stereocenters. The molecular weight excluding hydrogens is 246 g/mol. The molecule has 1 fully saturated rings. The number of methoxy groups -OCH3 is 1. The Balaban J connectivity index is 1.84. The number of aliphatic hydroxyl groups is 1. The Morgan fingerprint density at radius 1 is 1.37 bits per heavy atom. The van der Waals surface area contributed by atoms with Crippen molar-refractivity contribution in [3.63, 3.8) is 0 Å². The first-order valence-corrected chi connectivity index (χ1v) is 6.34. The summed E-state index contributed by atoms with van der Waals surface area (Å²) in [6, 6.07) is 9.54. The van der Waals surface area contributed by atoms with E-state index in [0.29, 0.717) is 13.1 Å². The van der Waals surface area contributed by atoms with Gasteiger partial charge in [0, 0.05) is 19.6 Å². The molecule has 1 saturated heterocycles. The van der Waals surface area contributed by atoms with E-state index in [1.807, 2.05) is 30.3 Å². The fraction of sp³-hybridized carbons (Fsp3) is 0.500. The number of ether oxygens (including phenoxy) is 2. The molecule has 0 bridgehead atoms. The number of carbonyl (C=O) groups is 1. The Labute approximate surface area is 112 Å². The first-order chi connectivity index (χ1) is 9.24. The molecule has 19 heavy (non-hydrogen) atoms. The van der Waals surface area contributed by atoms with Gasteiger partial charge in [-0.15, -0.1) is 0 Å². The number of likely N-dealkylation sites (tertiary alicyclic amines) is 1. The topological polar surface area (TPSA) is 59.0 Å². The summed E-state index contributed by atoms with van der Waals surface area (Å²) < 4.78 is 10.5. The Kier molecular flexibility index (Phi) is 4.76. The van der Waals surface area contributed by atoms with E-state index in [-0.39, 0.29) is 31.3 Å². The molecule has 0 radical (unpaired) electrons. The number of hydrogen-bond donors (Lipinski definition) is 1. The van der Waals surface area contributed by atoms with Crippen molar-refractivity contribution < 1.29 is 19.4 Å². The van der Waals surface area contributed by atoms with E-state index in [2.05, 4.69) is 0 Å². The highest BCUT2D eigenvalue weighted by Gasteiger charge is 2.35. The van der Waals surface area contributed by atoms with Crippen molar-refractivity contribution in [1.29, 1.82) is 0 Å². The SMILES string of the molecule is COC1CN(C(=O)OCc2ccccc2)CC1CO. The van der Waals surface area contributed by atoms with Crippen LogP contribution in [0.1, 0.15) is 5.56 Å². The van der Waals surface area contributed by atoms with Crippen LogP contribution in [-0.4, -0.2) is 49.0 Å². The molecule has 1 aliphatic rings. The molecule has 104 valence electrons. The van der Waals surface area contributed by atoms with E-state index in [0.717, 1.165) is 5.56 Å². The van der Waals surface area contributed by atoms with Crippen LogP contribution in [0.4, 0.5) is 4.79 Å². The fourth-order valence-electron chi connectivity index (χ4n) is 2.24. The summed E-state index contributed by atoms with van der Waals surface area (Å²) in [4.78, 5) is 13.5. The van der Waals surface area contributed by atoms with Gasteiger partial charge in [0.15, 0.2) is 0 Å². The summed E-state index contributed by atoms with van der Waals surface area (Å²) >= 11 is 0. The third kappa shape index (κ3) is 3.45. The third-order valence-electron chi connectivity index (χ3n) is 3.38. The maximum absolute atomic E-state index is 11.9. The molecule has 1 amide bonds. The Hall–Kier alpha value is -1.59. The summed E-state index contributed by atoms with van der Waals surface area (Å²) in [5.41, 5.74) is 0.956. The van der Waals surface area contributed by atoms with E-state index < -0.39 is 0 Å². The molecule has 1 aromatic rings. The number of rotatable bonds is 4. The minimum atomic E-state index is -0.359. The van der Waals surface area contributed by atoms with Gasteiger partial charge in [-0.25, -0.2) is 4.79 Å². The van der Waals surface area contributed by atoms with Crippen LogP contribution < -0.4 is 0 Å². The third-order valence-corrected chi connectivity index (χ3v) is 3.38. The first-order valence-electron chi connectivity index (χ1n) is 6.34. The molecule has 1 aliphatic heterocycles. The zero-order valence-corrected chi connectivity index (χ0v) is 11.0. The lowest BCUT2D eigenvalue weighted by Gasteiger charge is -2.15. The lowest BCUT2D eigenvalue weighted by molar-refractivity contribution is 0.0545. The zero-order valence-electron chi connectivity index (χ0n) is 11.0.